The number of halogens is 2. The van der Waals surface area contributed by atoms with Gasteiger partial charge in [0.05, 0.1) is 16.9 Å². The highest BCUT2D eigenvalue weighted by atomic mass is 35.5. The Morgan fingerprint density at radius 1 is 1.38 bits per heavy atom. The fraction of sp³-hybridized carbons (Fsp3) is 0.417. The lowest BCUT2D eigenvalue weighted by atomic mass is 10.1. The van der Waals surface area contributed by atoms with Crippen LogP contribution in [0.5, 0.6) is 0 Å². The lowest BCUT2D eigenvalue weighted by Gasteiger charge is -2.24. The van der Waals surface area contributed by atoms with E-state index in [9.17, 15) is 4.39 Å². The Balaban J connectivity index is 2.81. The van der Waals surface area contributed by atoms with Crippen LogP contribution in [0.25, 0.3) is 11.0 Å². The van der Waals surface area contributed by atoms with E-state index in [-0.39, 0.29) is 11.4 Å². The number of benzene rings is 1. The summed E-state index contributed by atoms with van der Waals surface area (Å²) >= 11 is 5.87. The smallest absolute Gasteiger partial charge is 0.125 e. The number of rotatable bonds is 1. The van der Waals surface area contributed by atoms with Crippen LogP contribution in [0, 0.1) is 5.82 Å². The van der Waals surface area contributed by atoms with Crippen molar-refractivity contribution in [2.24, 2.45) is 0 Å². The summed E-state index contributed by atoms with van der Waals surface area (Å²) in [6.07, 6.45) is 0. The van der Waals surface area contributed by atoms with Crippen molar-refractivity contribution in [3.05, 3.63) is 29.8 Å². The van der Waals surface area contributed by atoms with Crippen molar-refractivity contribution in [1.29, 1.82) is 0 Å². The minimum absolute atomic E-state index is 0.160. The van der Waals surface area contributed by atoms with Gasteiger partial charge in [-0.25, -0.2) is 9.37 Å². The lowest BCUT2D eigenvalue weighted by molar-refractivity contribution is 0.398. The van der Waals surface area contributed by atoms with E-state index in [0.29, 0.717) is 5.88 Å². The van der Waals surface area contributed by atoms with Crippen LogP contribution >= 0.6 is 11.6 Å². The number of hydrogen-bond donors (Lipinski definition) is 0. The SMILES string of the molecule is CC(C)(C)n1c(CCl)nc2ccc(F)cc21. The summed E-state index contributed by atoms with van der Waals surface area (Å²) in [6, 6.07) is 4.60. The second-order valence-corrected chi connectivity index (χ2v) is 5.07. The van der Waals surface area contributed by atoms with Crippen molar-refractivity contribution in [1.82, 2.24) is 9.55 Å². The molecule has 0 N–H and O–H groups in total. The van der Waals surface area contributed by atoms with E-state index >= 15 is 0 Å². The molecular weight excluding hydrogens is 227 g/mol. The van der Waals surface area contributed by atoms with Crippen LogP contribution in [-0.4, -0.2) is 9.55 Å². The molecule has 2 nitrogen and oxygen atoms in total. The van der Waals surface area contributed by atoms with Crippen LogP contribution in [0.2, 0.25) is 0 Å². The fourth-order valence-corrected chi connectivity index (χ4v) is 2.12. The predicted octanol–water partition coefficient (Wildman–Crippen LogP) is 3.67. The molecule has 4 heteroatoms. The Kier molecular flexibility index (Phi) is 2.66. The molecule has 1 heterocycles. The summed E-state index contributed by atoms with van der Waals surface area (Å²) in [6.45, 7) is 6.15. The summed E-state index contributed by atoms with van der Waals surface area (Å²) < 4.78 is 15.2. The first-order valence-electron chi connectivity index (χ1n) is 5.17. The zero-order valence-corrected chi connectivity index (χ0v) is 10.3. The Morgan fingerprint density at radius 3 is 2.62 bits per heavy atom. The Labute approximate surface area is 99.0 Å². The molecule has 0 aliphatic carbocycles. The highest BCUT2D eigenvalue weighted by molar-refractivity contribution is 6.16. The molecule has 0 fully saturated rings. The minimum atomic E-state index is -0.251. The largest absolute Gasteiger partial charge is 0.321 e. The van der Waals surface area contributed by atoms with Crippen LogP contribution in [0.15, 0.2) is 18.2 Å². The number of imidazole rings is 1. The third kappa shape index (κ3) is 1.80. The van der Waals surface area contributed by atoms with E-state index in [4.69, 9.17) is 11.6 Å². The van der Waals surface area contributed by atoms with Crippen LogP contribution < -0.4 is 0 Å². The van der Waals surface area contributed by atoms with E-state index in [1.54, 1.807) is 6.07 Å². The van der Waals surface area contributed by atoms with Crippen LogP contribution in [0.4, 0.5) is 4.39 Å². The van der Waals surface area contributed by atoms with E-state index in [1.807, 2.05) is 4.57 Å². The van der Waals surface area contributed by atoms with Gasteiger partial charge in [-0.05, 0) is 39.0 Å². The van der Waals surface area contributed by atoms with E-state index in [2.05, 4.69) is 25.8 Å². The number of alkyl halides is 1. The second kappa shape index (κ2) is 3.74. The molecule has 2 aromatic rings. The molecular formula is C12H14ClFN2. The molecule has 1 aromatic heterocycles. The molecule has 0 radical (unpaired) electrons. The van der Waals surface area contributed by atoms with E-state index < -0.39 is 0 Å². The molecule has 86 valence electrons. The third-order valence-corrected chi connectivity index (χ3v) is 2.72. The van der Waals surface area contributed by atoms with Crippen molar-refractivity contribution < 1.29 is 4.39 Å². The van der Waals surface area contributed by atoms with Crippen LogP contribution in [0.1, 0.15) is 26.6 Å². The molecule has 16 heavy (non-hydrogen) atoms. The molecule has 0 unspecified atom stereocenters. The molecule has 0 aliphatic rings. The number of aromatic nitrogens is 2. The maximum atomic E-state index is 13.2. The van der Waals surface area contributed by atoms with Crippen LogP contribution in [0.3, 0.4) is 0 Å². The normalized spacial score (nSPS) is 12.3. The number of hydrogen-bond acceptors (Lipinski definition) is 1. The predicted molar refractivity (Wildman–Crippen MR) is 64.2 cm³/mol. The molecule has 0 saturated carbocycles. The Morgan fingerprint density at radius 2 is 2.06 bits per heavy atom. The molecule has 0 saturated heterocycles. The summed E-state index contributed by atoms with van der Waals surface area (Å²) in [5.74, 6) is 0.849. The van der Waals surface area contributed by atoms with Crippen molar-refractivity contribution in [2.75, 3.05) is 0 Å². The van der Waals surface area contributed by atoms with E-state index in [0.717, 1.165) is 16.9 Å². The van der Waals surface area contributed by atoms with Gasteiger partial charge in [0, 0.05) is 5.54 Å². The molecule has 1 aromatic carbocycles. The average Bonchev–Trinajstić information content (AvgIpc) is 2.54. The first-order chi connectivity index (χ1) is 7.43. The molecule has 0 atom stereocenters. The van der Waals surface area contributed by atoms with E-state index in [1.165, 1.54) is 12.1 Å². The zero-order valence-electron chi connectivity index (χ0n) is 9.59. The van der Waals surface area contributed by atoms with Gasteiger partial charge in [-0.1, -0.05) is 0 Å². The zero-order chi connectivity index (χ0) is 11.9. The summed E-state index contributed by atoms with van der Waals surface area (Å²) in [4.78, 5) is 4.40. The van der Waals surface area contributed by atoms with Gasteiger partial charge < -0.3 is 4.57 Å². The first-order valence-corrected chi connectivity index (χ1v) is 5.70. The molecule has 2 rings (SSSR count). The number of nitrogens with zero attached hydrogens (tertiary/aromatic N) is 2. The topological polar surface area (TPSA) is 17.8 Å². The maximum Gasteiger partial charge on any atom is 0.125 e. The second-order valence-electron chi connectivity index (χ2n) is 4.80. The van der Waals surface area contributed by atoms with Gasteiger partial charge in [0.2, 0.25) is 0 Å². The van der Waals surface area contributed by atoms with Gasteiger partial charge in [0.25, 0.3) is 0 Å². The minimum Gasteiger partial charge on any atom is -0.321 e. The van der Waals surface area contributed by atoms with Gasteiger partial charge in [-0.2, -0.15) is 0 Å². The summed E-state index contributed by atoms with van der Waals surface area (Å²) in [5, 5.41) is 0. The van der Waals surface area contributed by atoms with Crippen molar-refractivity contribution in [3.63, 3.8) is 0 Å². The molecule has 0 amide bonds. The summed E-state index contributed by atoms with van der Waals surface area (Å²) in [5.41, 5.74) is 1.42. The van der Waals surface area contributed by atoms with Crippen LogP contribution in [-0.2, 0) is 11.4 Å². The fourth-order valence-electron chi connectivity index (χ4n) is 1.94. The Bertz CT molecular complexity index is 526. The number of fused-ring (bicyclic) bond motifs is 1. The van der Waals surface area contributed by atoms with Gasteiger partial charge in [0.1, 0.15) is 11.6 Å². The highest BCUT2D eigenvalue weighted by Crippen LogP contribution is 2.26. The quantitative estimate of drug-likeness (QED) is 0.696. The molecule has 0 spiro atoms. The standard InChI is InChI=1S/C12H14ClFN2/c1-12(2,3)16-10-6-8(14)4-5-9(10)15-11(16)7-13/h4-6H,7H2,1-3H3. The van der Waals surface area contributed by atoms with Crippen molar-refractivity contribution in [2.45, 2.75) is 32.2 Å². The lowest BCUT2D eigenvalue weighted by Crippen LogP contribution is -2.23. The monoisotopic (exact) mass is 240 g/mol. The van der Waals surface area contributed by atoms with Gasteiger partial charge >= 0.3 is 0 Å². The maximum absolute atomic E-state index is 13.2. The van der Waals surface area contributed by atoms with Gasteiger partial charge in [-0.3, -0.25) is 0 Å². The highest BCUT2D eigenvalue weighted by Gasteiger charge is 2.20. The summed E-state index contributed by atoms with van der Waals surface area (Å²) in [7, 11) is 0. The van der Waals surface area contributed by atoms with Crippen molar-refractivity contribution >= 4 is 22.6 Å². The Hall–Kier alpha value is -1.09. The average molecular weight is 241 g/mol. The molecule has 0 aliphatic heterocycles. The van der Waals surface area contributed by atoms with Gasteiger partial charge in [0.15, 0.2) is 0 Å². The van der Waals surface area contributed by atoms with Gasteiger partial charge in [-0.15, -0.1) is 11.6 Å². The third-order valence-electron chi connectivity index (χ3n) is 2.48. The molecule has 0 bridgehead atoms. The first kappa shape index (κ1) is 11.4. The van der Waals surface area contributed by atoms with Crippen molar-refractivity contribution in [3.8, 4) is 0 Å².